The maximum Gasteiger partial charge on any atom is 0.469 e. The van der Waals surface area contributed by atoms with Crippen LogP contribution in [0.4, 0.5) is 0 Å². The number of rotatable bonds is 7. The number of carbonyl (C=O) groups is 3. The van der Waals surface area contributed by atoms with E-state index in [4.69, 9.17) is 36.5 Å². The summed E-state index contributed by atoms with van der Waals surface area (Å²) in [5.41, 5.74) is 11.1. The molecule has 12 nitrogen and oxygen atoms in total. The summed E-state index contributed by atoms with van der Waals surface area (Å²) in [4.78, 5) is 32.0. The van der Waals surface area contributed by atoms with Crippen LogP contribution in [0.1, 0.15) is 38.2 Å². The van der Waals surface area contributed by atoms with Gasteiger partial charge in [-0.3, -0.25) is 9.59 Å². The van der Waals surface area contributed by atoms with Crippen LogP contribution in [0.5, 0.6) is 5.75 Å². The van der Waals surface area contributed by atoms with E-state index >= 15 is 0 Å². The molecule has 0 bridgehead atoms. The smallest absolute Gasteiger partial charge is 0.469 e. The zero-order valence-corrected chi connectivity index (χ0v) is 19.2. The fourth-order valence-electron chi connectivity index (χ4n) is 3.07. The molecule has 190 valence electrons. The Balaban J connectivity index is 0.000000338. The van der Waals surface area contributed by atoms with Gasteiger partial charge in [-0.1, -0.05) is 12.1 Å². The summed E-state index contributed by atoms with van der Waals surface area (Å²) in [5, 5.41) is 39.7. The predicted molar refractivity (Wildman–Crippen MR) is 125 cm³/mol. The molecule has 34 heavy (non-hydrogen) atoms. The molecule has 13 heteroatoms. The lowest BCUT2D eigenvalue weighted by molar-refractivity contribution is -0.139. The average Bonchev–Trinajstić information content (AvgIpc) is 3.50. The minimum absolute atomic E-state index is 0.0741. The van der Waals surface area contributed by atoms with Crippen molar-refractivity contribution in [3.05, 3.63) is 29.8 Å². The number of benzene rings is 1. The van der Waals surface area contributed by atoms with E-state index in [1.165, 1.54) is 6.92 Å². The Morgan fingerprint density at radius 1 is 1.03 bits per heavy atom. The van der Waals surface area contributed by atoms with Gasteiger partial charge in [0.2, 0.25) is 0 Å². The minimum atomic E-state index is -1.17. The Morgan fingerprint density at radius 3 is 1.97 bits per heavy atom. The van der Waals surface area contributed by atoms with E-state index < -0.39 is 31.1 Å². The van der Waals surface area contributed by atoms with E-state index in [0.717, 1.165) is 44.3 Å². The summed E-state index contributed by atoms with van der Waals surface area (Å²) in [7, 11) is -1.17. The van der Waals surface area contributed by atoms with Crippen molar-refractivity contribution in [2.75, 3.05) is 13.1 Å². The number of nitrogens with one attached hydrogen (secondary N) is 2. The minimum Gasteiger partial charge on any atom is -0.480 e. The quantitative estimate of drug-likeness (QED) is 0.126. The van der Waals surface area contributed by atoms with Gasteiger partial charge < -0.3 is 47.1 Å². The average molecular weight is 482 g/mol. The highest BCUT2D eigenvalue weighted by Gasteiger charge is 2.25. The number of carboxylic acid groups (broad SMARTS) is 2. The van der Waals surface area contributed by atoms with Crippen molar-refractivity contribution in [3.8, 4) is 5.75 Å². The zero-order chi connectivity index (χ0) is 25.7. The number of hydrogen-bond donors (Lipinski definition) is 8. The summed E-state index contributed by atoms with van der Waals surface area (Å²) in [5.74, 6) is -1.90. The van der Waals surface area contributed by atoms with Crippen molar-refractivity contribution in [3.63, 3.8) is 0 Å². The monoisotopic (exact) mass is 482 g/mol. The molecule has 4 atom stereocenters. The number of ether oxygens (including phenoxy) is 1. The topological polar surface area (TPSA) is 217 Å². The van der Waals surface area contributed by atoms with Crippen LogP contribution in [0.2, 0.25) is 0 Å². The van der Waals surface area contributed by atoms with Crippen LogP contribution < -0.4 is 26.8 Å². The molecule has 2 aliphatic rings. The van der Waals surface area contributed by atoms with E-state index in [1.807, 2.05) is 0 Å². The van der Waals surface area contributed by atoms with Gasteiger partial charge in [-0.15, -0.1) is 0 Å². The van der Waals surface area contributed by atoms with Crippen LogP contribution in [0.25, 0.3) is 0 Å². The SMILES string of the molecule is C[C@H](N)C(=O)O.N[C@@H](Cc1ccc(OC(=O)[C@@H]2CCCN2)cc1)C(=O)O.OB(O)[C@@H]1CCCN1. The third kappa shape index (κ3) is 11.5. The van der Waals surface area contributed by atoms with Gasteiger partial charge in [0.05, 0.1) is 0 Å². The van der Waals surface area contributed by atoms with Crippen molar-refractivity contribution in [1.29, 1.82) is 0 Å². The largest absolute Gasteiger partial charge is 0.480 e. The van der Waals surface area contributed by atoms with Gasteiger partial charge in [0.1, 0.15) is 23.9 Å². The van der Waals surface area contributed by atoms with Gasteiger partial charge >= 0.3 is 25.0 Å². The van der Waals surface area contributed by atoms with Gasteiger partial charge in [-0.25, -0.2) is 4.79 Å². The summed E-state index contributed by atoms with van der Waals surface area (Å²) >= 11 is 0. The Labute approximate surface area is 198 Å². The molecular formula is C21H35BN4O8. The second-order valence-electron chi connectivity index (χ2n) is 8.11. The number of hydrogen-bond acceptors (Lipinski definition) is 10. The maximum absolute atomic E-state index is 11.8. The molecule has 10 N–H and O–H groups in total. The first-order valence-electron chi connectivity index (χ1n) is 11.1. The van der Waals surface area contributed by atoms with Crippen LogP contribution in [0.3, 0.4) is 0 Å². The van der Waals surface area contributed by atoms with E-state index in [0.29, 0.717) is 5.75 Å². The second-order valence-corrected chi connectivity index (χ2v) is 8.11. The van der Waals surface area contributed by atoms with E-state index in [9.17, 15) is 14.4 Å². The molecule has 2 fully saturated rings. The molecule has 2 saturated heterocycles. The van der Waals surface area contributed by atoms with Gasteiger partial charge in [0.25, 0.3) is 0 Å². The maximum atomic E-state index is 11.8. The first-order chi connectivity index (χ1) is 16.0. The number of carbonyl (C=O) groups excluding carboxylic acids is 1. The van der Waals surface area contributed by atoms with Crippen LogP contribution in [-0.2, 0) is 20.8 Å². The predicted octanol–water partition coefficient (Wildman–Crippen LogP) is -1.53. The molecular weight excluding hydrogens is 447 g/mol. The Morgan fingerprint density at radius 2 is 1.59 bits per heavy atom. The van der Waals surface area contributed by atoms with Crippen LogP contribution >= 0.6 is 0 Å². The van der Waals surface area contributed by atoms with Crippen LogP contribution in [-0.4, -0.2) is 82.4 Å². The highest BCUT2D eigenvalue weighted by Crippen LogP contribution is 2.16. The summed E-state index contributed by atoms with van der Waals surface area (Å²) in [6.45, 7) is 3.18. The molecule has 0 spiro atoms. The molecule has 1 aromatic carbocycles. The number of esters is 1. The lowest BCUT2D eigenvalue weighted by Crippen LogP contribution is -2.38. The molecule has 0 aliphatic carbocycles. The van der Waals surface area contributed by atoms with Gasteiger partial charge in [-0.05, 0) is 69.8 Å². The molecule has 0 unspecified atom stereocenters. The van der Waals surface area contributed by atoms with Crippen molar-refractivity contribution < 1.29 is 39.4 Å². The molecule has 2 heterocycles. The van der Waals surface area contributed by atoms with E-state index in [2.05, 4.69) is 10.6 Å². The summed E-state index contributed by atoms with van der Waals surface area (Å²) in [6, 6.07) is 4.85. The summed E-state index contributed by atoms with van der Waals surface area (Å²) in [6.07, 6.45) is 3.96. The highest BCUT2D eigenvalue weighted by molar-refractivity contribution is 6.43. The molecule has 2 aliphatic heterocycles. The molecule has 0 amide bonds. The lowest BCUT2D eigenvalue weighted by atomic mass is 9.79. The van der Waals surface area contributed by atoms with Gasteiger partial charge in [0.15, 0.2) is 0 Å². The fourth-order valence-corrected chi connectivity index (χ4v) is 3.07. The van der Waals surface area contributed by atoms with Crippen molar-refractivity contribution >= 4 is 25.0 Å². The van der Waals surface area contributed by atoms with Crippen molar-refractivity contribution in [2.45, 2.75) is 63.1 Å². The fraction of sp³-hybridized carbons (Fsp3) is 0.571. The van der Waals surface area contributed by atoms with E-state index in [1.54, 1.807) is 24.3 Å². The van der Waals surface area contributed by atoms with Crippen LogP contribution in [0, 0.1) is 0 Å². The zero-order valence-electron chi connectivity index (χ0n) is 19.2. The Kier molecular flexibility index (Phi) is 13.3. The molecule has 0 aromatic heterocycles. The van der Waals surface area contributed by atoms with Crippen molar-refractivity contribution in [1.82, 2.24) is 10.6 Å². The number of nitrogens with two attached hydrogens (primary N) is 2. The van der Waals surface area contributed by atoms with E-state index in [-0.39, 0.29) is 24.4 Å². The summed E-state index contributed by atoms with van der Waals surface area (Å²) < 4.78 is 5.26. The molecule has 0 saturated carbocycles. The number of carboxylic acids is 2. The molecule has 1 aromatic rings. The van der Waals surface area contributed by atoms with Crippen molar-refractivity contribution in [2.24, 2.45) is 11.5 Å². The highest BCUT2D eigenvalue weighted by atomic mass is 16.5. The van der Waals surface area contributed by atoms with Crippen LogP contribution in [0.15, 0.2) is 24.3 Å². The first-order valence-corrected chi connectivity index (χ1v) is 11.1. The van der Waals surface area contributed by atoms with Gasteiger partial charge in [-0.2, -0.15) is 0 Å². The third-order valence-electron chi connectivity index (χ3n) is 5.11. The Bertz CT molecular complexity index is 767. The first kappa shape index (κ1) is 29.5. The lowest BCUT2D eigenvalue weighted by Gasteiger charge is -2.11. The Hall–Kier alpha value is -2.55. The second kappa shape index (κ2) is 15.4. The van der Waals surface area contributed by atoms with Gasteiger partial charge in [0, 0.05) is 5.94 Å². The number of aliphatic carboxylic acids is 2. The molecule has 0 radical (unpaired) electrons. The normalized spacial score (nSPS) is 20.6. The standard InChI is InChI=1S/C14H18N2O4.C4H10BNO2.C3H7NO2/c15-11(13(17)18)8-9-3-5-10(6-4-9)20-14(19)12-2-1-7-16-12;7-5(8)4-2-1-3-6-4;1-2(4)3(5)6/h3-6,11-12,16H,1-2,7-8,15H2,(H,17,18);4,6-8H,1-3H2;2H,4H2,1H3,(H,5,6)/t11-,12-;4-;2-/m000/s1. The third-order valence-corrected chi connectivity index (χ3v) is 5.11. The molecule has 3 rings (SSSR count).